The number of nitrogens with zero attached hydrogens (tertiary/aromatic N) is 1. The molecule has 0 saturated carbocycles. The van der Waals surface area contributed by atoms with Gasteiger partial charge >= 0.3 is 6.03 Å². The Kier molecular flexibility index (Phi) is 6.12. The van der Waals surface area contributed by atoms with E-state index in [0.717, 1.165) is 22.0 Å². The fourth-order valence-corrected chi connectivity index (χ4v) is 2.97. The number of hydrogen-bond acceptors (Lipinski definition) is 4. The summed E-state index contributed by atoms with van der Waals surface area (Å²) in [4.78, 5) is 16.5. The lowest BCUT2D eigenvalue weighted by atomic mass is 10.1. The zero-order valence-corrected chi connectivity index (χ0v) is 14.7. The topological polar surface area (TPSA) is 63.2 Å². The molecule has 0 spiro atoms. The van der Waals surface area contributed by atoms with Crippen molar-refractivity contribution in [2.75, 3.05) is 19.0 Å². The second-order valence-electron chi connectivity index (χ2n) is 5.57. The van der Waals surface area contributed by atoms with E-state index in [4.69, 9.17) is 4.74 Å². The first kappa shape index (κ1) is 17.4. The van der Waals surface area contributed by atoms with E-state index in [2.05, 4.69) is 22.5 Å². The Labute approximate surface area is 141 Å². The number of carbonyl (C=O) groups is 1. The molecule has 2 amide bonds. The second kappa shape index (κ2) is 8.08. The summed E-state index contributed by atoms with van der Waals surface area (Å²) in [5, 5.41) is 8.80. The molecule has 0 aliphatic carbocycles. The predicted molar refractivity (Wildman–Crippen MR) is 94.2 cm³/mol. The van der Waals surface area contributed by atoms with Crippen LogP contribution in [0, 0.1) is 6.92 Å². The number of benzene rings is 1. The van der Waals surface area contributed by atoms with E-state index in [1.165, 1.54) is 0 Å². The van der Waals surface area contributed by atoms with Gasteiger partial charge in [-0.3, -0.25) is 0 Å². The zero-order chi connectivity index (χ0) is 16.8. The molecule has 124 valence electrons. The van der Waals surface area contributed by atoms with Crippen LogP contribution in [0.25, 0.3) is 0 Å². The average Bonchev–Trinajstić information content (AvgIpc) is 2.98. The molecule has 1 heterocycles. The predicted octanol–water partition coefficient (Wildman–Crippen LogP) is 4.08. The molecule has 5 nitrogen and oxygen atoms in total. The molecule has 2 atom stereocenters. The van der Waals surface area contributed by atoms with Crippen LogP contribution in [-0.4, -0.2) is 24.7 Å². The minimum absolute atomic E-state index is 0.00650. The summed E-state index contributed by atoms with van der Waals surface area (Å²) in [5.41, 5.74) is 2.80. The van der Waals surface area contributed by atoms with Gasteiger partial charge in [-0.2, -0.15) is 0 Å². The normalized spacial score (nSPS) is 13.4. The van der Waals surface area contributed by atoms with Gasteiger partial charge < -0.3 is 15.4 Å². The fourth-order valence-electron chi connectivity index (χ4n) is 2.11. The number of aromatic nitrogens is 1. The lowest BCUT2D eigenvalue weighted by Crippen LogP contribution is -2.31. The minimum Gasteiger partial charge on any atom is -0.377 e. The van der Waals surface area contributed by atoms with Crippen molar-refractivity contribution in [3.05, 3.63) is 45.9 Å². The van der Waals surface area contributed by atoms with Crippen LogP contribution < -0.4 is 10.6 Å². The first-order chi connectivity index (χ1) is 11.0. The maximum Gasteiger partial charge on any atom is 0.319 e. The summed E-state index contributed by atoms with van der Waals surface area (Å²) in [6.45, 7) is 6.55. The first-order valence-electron chi connectivity index (χ1n) is 7.59. The average molecular weight is 333 g/mol. The van der Waals surface area contributed by atoms with Crippen molar-refractivity contribution in [3.63, 3.8) is 0 Å². The Bertz CT molecular complexity index is 657. The minimum atomic E-state index is -0.215. The number of urea groups is 1. The van der Waals surface area contributed by atoms with Gasteiger partial charge in [0.25, 0.3) is 0 Å². The summed E-state index contributed by atoms with van der Waals surface area (Å²) >= 11 is 1.62. The molecule has 0 saturated heterocycles. The van der Waals surface area contributed by atoms with E-state index in [9.17, 15) is 4.79 Å². The number of hydrogen-bond donors (Lipinski definition) is 2. The third-order valence-corrected chi connectivity index (χ3v) is 4.79. The number of aryl methyl sites for hydroxylation is 1. The van der Waals surface area contributed by atoms with Crippen LogP contribution in [0.1, 0.15) is 42.1 Å². The number of nitrogens with one attached hydrogen (secondary N) is 2. The largest absolute Gasteiger partial charge is 0.377 e. The van der Waals surface area contributed by atoms with Crippen molar-refractivity contribution in [1.29, 1.82) is 0 Å². The third kappa shape index (κ3) is 5.04. The van der Waals surface area contributed by atoms with E-state index in [1.54, 1.807) is 18.4 Å². The van der Waals surface area contributed by atoms with Crippen molar-refractivity contribution in [1.82, 2.24) is 10.3 Å². The van der Waals surface area contributed by atoms with Gasteiger partial charge in [0.05, 0.1) is 11.1 Å². The van der Waals surface area contributed by atoms with Crippen molar-refractivity contribution in [2.45, 2.75) is 32.8 Å². The Morgan fingerprint density at radius 1 is 1.39 bits per heavy atom. The molecule has 1 aromatic heterocycles. The molecule has 2 N–H and O–H groups in total. The molecule has 0 aliphatic heterocycles. The van der Waals surface area contributed by atoms with Crippen LogP contribution in [0.4, 0.5) is 10.5 Å². The molecule has 0 fully saturated rings. The van der Waals surface area contributed by atoms with Crippen LogP contribution in [-0.2, 0) is 4.74 Å². The number of anilines is 1. The van der Waals surface area contributed by atoms with E-state index in [0.29, 0.717) is 6.54 Å². The molecule has 1 aromatic carbocycles. The number of thiazole rings is 1. The molecule has 2 rings (SSSR count). The Morgan fingerprint density at radius 3 is 2.83 bits per heavy atom. The standard InChI is InChI=1S/C17H23N3O2S/c1-11(16-19-12(2)10-23-16)9-18-17(21)20-15-7-5-6-14(8-15)13(3)22-4/h5-8,10-11,13H,9H2,1-4H3,(H2,18,20,21)/t11-,13+/m0/s1. The lowest BCUT2D eigenvalue weighted by Gasteiger charge is -2.13. The quantitative estimate of drug-likeness (QED) is 0.837. The van der Waals surface area contributed by atoms with Crippen LogP contribution in [0.15, 0.2) is 29.6 Å². The second-order valence-corrected chi connectivity index (χ2v) is 6.46. The van der Waals surface area contributed by atoms with E-state index < -0.39 is 0 Å². The van der Waals surface area contributed by atoms with E-state index >= 15 is 0 Å². The van der Waals surface area contributed by atoms with E-state index in [-0.39, 0.29) is 18.1 Å². The van der Waals surface area contributed by atoms with Gasteiger partial charge in [0.15, 0.2) is 0 Å². The van der Waals surface area contributed by atoms with Gasteiger partial charge in [0.2, 0.25) is 0 Å². The van der Waals surface area contributed by atoms with Gasteiger partial charge in [-0.1, -0.05) is 19.1 Å². The van der Waals surface area contributed by atoms with Crippen LogP contribution in [0.3, 0.4) is 0 Å². The highest BCUT2D eigenvalue weighted by molar-refractivity contribution is 7.09. The molecule has 6 heteroatoms. The van der Waals surface area contributed by atoms with Crippen LogP contribution in [0.2, 0.25) is 0 Å². The number of ether oxygens (including phenoxy) is 1. The highest BCUT2D eigenvalue weighted by Gasteiger charge is 2.11. The lowest BCUT2D eigenvalue weighted by molar-refractivity contribution is 0.119. The number of amides is 2. The van der Waals surface area contributed by atoms with Gasteiger partial charge in [-0.15, -0.1) is 11.3 Å². The summed E-state index contributed by atoms with van der Waals surface area (Å²) in [5.74, 6) is 0.194. The van der Waals surface area contributed by atoms with Gasteiger partial charge in [-0.05, 0) is 31.5 Å². The highest BCUT2D eigenvalue weighted by Crippen LogP contribution is 2.20. The summed E-state index contributed by atoms with van der Waals surface area (Å²) < 4.78 is 5.29. The molecule has 0 aliphatic rings. The Morgan fingerprint density at radius 2 is 2.17 bits per heavy atom. The maximum absolute atomic E-state index is 12.0. The number of carbonyl (C=O) groups excluding carboxylic acids is 1. The third-order valence-electron chi connectivity index (χ3n) is 3.59. The van der Waals surface area contributed by atoms with Crippen LogP contribution >= 0.6 is 11.3 Å². The van der Waals surface area contributed by atoms with E-state index in [1.807, 2.05) is 43.5 Å². The van der Waals surface area contributed by atoms with Gasteiger partial charge in [0.1, 0.15) is 0 Å². The Balaban J connectivity index is 1.87. The molecule has 0 bridgehead atoms. The number of rotatable bonds is 6. The van der Waals surface area contributed by atoms with Crippen molar-refractivity contribution < 1.29 is 9.53 Å². The molecular formula is C17H23N3O2S. The number of methoxy groups -OCH3 is 1. The SMILES string of the molecule is CO[C@H](C)c1cccc(NC(=O)NC[C@H](C)c2nc(C)cs2)c1. The molecule has 0 unspecified atom stereocenters. The molecular weight excluding hydrogens is 310 g/mol. The monoisotopic (exact) mass is 333 g/mol. The Hall–Kier alpha value is -1.92. The van der Waals surface area contributed by atoms with Crippen molar-refractivity contribution in [2.24, 2.45) is 0 Å². The van der Waals surface area contributed by atoms with Crippen molar-refractivity contribution >= 4 is 23.1 Å². The van der Waals surface area contributed by atoms with Crippen molar-refractivity contribution in [3.8, 4) is 0 Å². The van der Waals surface area contributed by atoms with Gasteiger partial charge in [0, 0.05) is 36.3 Å². The molecule has 2 aromatic rings. The fraction of sp³-hybridized carbons (Fsp3) is 0.412. The molecule has 23 heavy (non-hydrogen) atoms. The molecule has 0 radical (unpaired) electrons. The smallest absolute Gasteiger partial charge is 0.319 e. The highest BCUT2D eigenvalue weighted by atomic mass is 32.1. The maximum atomic E-state index is 12.0. The van der Waals surface area contributed by atoms with Gasteiger partial charge in [-0.25, -0.2) is 9.78 Å². The first-order valence-corrected chi connectivity index (χ1v) is 8.47. The summed E-state index contributed by atoms with van der Waals surface area (Å²) in [6.07, 6.45) is -0.00650. The summed E-state index contributed by atoms with van der Waals surface area (Å²) in [7, 11) is 1.67. The van der Waals surface area contributed by atoms with Crippen LogP contribution in [0.5, 0.6) is 0 Å². The zero-order valence-electron chi connectivity index (χ0n) is 13.9. The summed E-state index contributed by atoms with van der Waals surface area (Å²) in [6, 6.07) is 7.44.